The average Bonchev–Trinajstić information content (AvgIpc) is 2.39. The molecule has 0 aromatic heterocycles. The Morgan fingerprint density at radius 1 is 1.50 bits per heavy atom. The first kappa shape index (κ1) is 16.3. The summed E-state index contributed by atoms with van der Waals surface area (Å²) in [6, 6.07) is -1.34. The highest BCUT2D eigenvalue weighted by molar-refractivity contribution is 5.91. The van der Waals surface area contributed by atoms with Gasteiger partial charge < -0.3 is 20.6 Å². The molecule has 1 rings (SSSR count). The van der Waals surface area contributed by atoms with Gasteiger partial charge in [0.2, 0.25) is 5.91 Å². The Bertz CT molecular complexity index is 386. The second-order valence-corrected chi connectivity index (χ2v) is 5.22. The number of nitrogens with one attached hydrogen (secondary N) is 2. The molecule has 20 heavy (non-hydrogen) atoms. The van der Waals surface area contributed by atoms with Crippen LogP contribution in [0.4, 0.5) is 4.79 Å². The van der Waals surface area contributed by atoms with E-state index < -0.39 is 17.9 Å². The molecule has 0 radical (unpaired) electrons. The molecule has 114 valence electrons. The van der Waals surface area contributed by atoms with Crippen molar-refractivity contribution in [3.8, 4) is 0 Å². The molecule has 0 aliphatic carbocycles. The molecule has 0 spiro atoms. The second kappa shape index (κ2) is 7.12. The zero-order valence-corrected chi connectivity index (χ0v) is 12.2. The summed E-state index contributed by atoms with van der Waals surface area (Å²) in [6.45, 7) is 6.64. The molecule has 3 atom stereocenters. The first-order valence-corrected chi connectivity index (χ1v) is 6.93. The topological polar surface area (TPSA) is 98.7 Å². The third-order valence-corrected chi connectivity index (χ3v) is 3.81. The summed E-state index contributed by atoms with van der Waals surface area (Å²) < 4.78 is 0. The molecule has 1 aliphatic heterocycles. The Labute approximate surface area is 118 Å². The van der Waals surface area contributed by atoms with Gasteiger partial charge in [-0.2, -0.15) is 0 Å². The number of carboxylic acids is 1. The van der Waals surface area contributed by atoms with E-state index in [-0.39, 0.29) is 18.5 Å². The SMILES string of the molecule is CCC(C)C(C)NC(=O)N1CCNC(=O)C1CC(=O)O. The summed E-state index contributed by atoms with van der Waals surface area (Å²) in [5.74, 6) is -1.19. The fraction of sp³-hybridized carbons (Fsp3) is 0.769. The predicted molar refractivity (Wildman–Crippen MR) is 73.2 cm³/mol. The van der Waals surface area contributed by atoms with E-state index in [0.29, 0.717) is 19.0 Å². The molecule has 1 fully saturated rings. The van der Waals surface area contributed by atoms with Gasteiger partial charge in [-0.25, -0.2) is 4.79 Å². The number of rotatable bonds is 5. The number of amides is 3. The quantitative estimate of drug-likeness (QED) is 0.681. The van der Waals surface area contributed by atoms with Crippen molar-refractivity contribution in [1.29, 1.82) is 0 Å². The van der Waals surface area contributed by atoms with E-state index in [9.17, 15) is 14.4 Å². The summed E-state index contributed by atoms with van der Waals surface area (Å²) in [5, 5.41) is 14.3. The Hall–Kier alpha value is -1.79. The lowest BCUT2D eigenvalue weighted by Gasteiger charge is -2.35. The van der Waals surface area contributed by atoms with Crippen LogP contribution in [0.5, 0.6) is 0 Å². The van der Waals surface area contributed by atoms with Crippen LogP contribution in [-0.2, 0) is 9.59 Å². The minimum Gasteiger partial charge on any atom is -0.481 e. The number of carbonyl (C=O) groups is 3. The summed E-state index contributed by atoms with van der Waals surface area (Å²) in [7, 11) is 0. The lowest BCUT2D eigenvalue weighted by molar-refractivity contribution is -0.142. The van der Waals surface area contributed by atoms with E-state index in [1.165, 1.54) is 4.90 Å². The number of carboxylic acid groups (broad SMARTS) is 1. The molecule has 0 aromatic carbocycles. The van der Waals surface area contributed by atoms with Crippen molar-refractivity contribution >= 4 is 17.9 Å². The van der Waals surface area contributed by atoms with Crippen LogP contribution >= 0.6 is 0 Å². The number of aliphatic carboxylic acids is 1. The normalized spacial score (nSPS) is 21.9. The van der Waals surface area contributed by atoms with E-state index in [1.54, 1.807) is 0 Å². The van der Waals surface area contributed by atoms with Gasteiger partial charge in [-0.3, -0.25) is 9.59 Å². The van der Waals surface area contributed by atoms with Crippen molar-refractivity contribution in [2.24, 2.45) is 5.92 Å². The third kappa shape index (κ3) is 4.11. The molecule has 0 aromatic rings. The summed E-state index contributed by atoms with van der Waals surface area (Å²) in [6.07, 6.45) is 0.553. The molecule has 7 heteroatoms. The third-order valence-electron chi connectivity index (χ3n) is 3.81. The molecule has 1 aliphatic rings. The van der Waals surface area contributed by atoms with Crippen molar-refractivity contribution in [1.82, 2.24) is 15.5 Å². The molecule has 3 N–H and O–H groups in total. The van der Waals surface area contributed by atoms with Gasteiger partial charge in [-0.1, -0.05) is 20.3 Å². The van der Waals surface area contributed by atoms with Crippen LogP contribution in [0.25, 0.3) is 0 Å². The molecule has 0 bridgehead atoms. The molecule has 3 amide bonds. The van der Waals surface area contributed by atoms with Crippen molar-refractivity contribution in [3.05, 3.63) is 0 Å². The largest absolute Gasteiger partial charge is 0.481 e. The summed E-state index contributed by atoms with van der Waals surface area (Å²) in [5.41, 5.74) is 0. The van der Waals surface area contributed by atoms with Crippen LogP contribution in [0.1, 0.15) is 33.6 Å². The van der Waals surface area contributed by atoms with Crippen LogP contribution in [0.2, 0.25) is 0 Å². The maximum atomic E-state index is 12.2. The van der Waals surface area contributed by atoms with Crippen molar-refractivity contribution < 1.29 is 19.5 Å². The number of hydrogen-bond acceptors (Lipinski definition) is 3. The van der Waals surface area contributed by atoms with Gasteiger partial charge in [0.1, 0.15) is 6.04 Å². The second-order valence-electron chi connectivity index (χ2n) is 5.22. The minimum atomic E-state index is -1.10. The molecule has 7 nitrogen and oxygen atoms in total. The van der Waals surface area contributed by atoms with E-state index in [2.05, 4.69) is 10.6 Å². The Morgan fingerprint density at radius 3 is 2.70 bits per heavy atom. The fourth-order valence-corrected chi connectivity index (χ4v) is 2.10. The maximum absolute atomic E-state index is 12.2. The van der Waals surface area contributed by atoms with Crippen LogP contribution < -0.4 is 10.6 Å². The highest BCUT2D eigenvalue weighted by Gasteiger charge is 2.35. The van der Waals surface area contributed by atoms with Crippen molar-refractivity contribution in [3.63, 3.8) is 0 Å². The molecular formula is C13H23N3O4. The van der Waals surface area contributed by atoms with Gasteiger partial charge in [0.25, 0.3) is 0 Å². The number of nitrogens with zero attached hydrogens (tertiary/aromatic N) is 1. The standard InChI is InChI=1S/C13H23N3O4/c1-4-8(2)9(3)15-13(20)16-6-5-14-12(19)10(16)7-11(17)18/h8-10H,4-7H2,1-3H3,(H,14,19)(H,15,20)(H,17,18). The van der Waals surface area contributed by atoms with E-state index >= 15 is 0 Å². The lowest BCUT2D eigenvalue weighted by Crippen LogP contribution is -2.61. The Kier molecular flexibility index (Phi) is 5.79. The van der Waals surface area contributed by atoms with Gasteiger partial charge in [0.05, 0.1) is 6.42 Å². The molecule has 1 heterocycles. The fourth-order valence-electron chi connectivity index (χ4n) is 2.10. The maximum Gasteiger partial charge on any atom is 0.318 e. The van der Waals surface area contributed by atoms with Gasteiger partial charge in [0, 0.05) is 19.1 Å². The number of carbonyl (C=O) groups excluding carboxylic acids is 2. The van der Waals surface area contributed by atoms with Crippen molar-refractivity contribution in [2.75, 3.05) is 13.1 Å². The average molecular weight is 285 g/mol. The van der Waals surface area contributed by atoms with Crippen LogP contribution in [0.15, 0.2) is 0 Å². The first-order chi connectivity index (χ1) is 9.36. The van der Waals surface area contributed by atoms with Crippen molar-refractivity contribution in [2.45, 2.75) is 45.7 Å². The van der Waals surface area contributed by atoms with Gasteiger partial charge >= 0.3 is 12.0 Å². The monoisotopic (exact) mass is 285 g/mol. The first-order valence-electron chi connectivity index (χ1n) is 6.93. The molecular weight excluding hydrogens is 262 g/mol. The number of hydrogen-bond donors (Lipinski definition) is 3. The summed E-state index contributed by atoms with van der Waals surface area (Å²) in [4.78, 5) is 36.1. The van der Waals surface area contributed by atoms with Crippen LogP contribution in [0, 0.1) is 5.92 Å². The van der Waals surface area contributed by atoms with Gasteiger partial charge in [-0.05, 0) is 12.8 Å². The Morgan fingerprint density at radius 2 is 2.15 bits per heavy atom. The lowest BCUT2D eigenvalue weighted by atomic mass is 10.0. The van der Waals surface area contributed by atoms with E-state index in [1.807, 2.05) is 20.8 Å². The van der Waals surface area contributed by atoms with E-state index in [4.69, 9.17) is 5.11 Å². The minimum absolute atomic E-state index is 0.0250. The molecule has 1 saturated heterocycles. The summed E-state index contributed by atoms with van der Waals surface area (Å²) >= 11 is 0. The highest BCUT2D eigenvalue weighted by Crippen LogP contribution is 2.12. The zero-order valence-electron chi connectivity index (χ0n) is 12.2. The highest BCUT2D eigenvalue weighted by atomic mass is 16.4. The molecule has 0 saturated carbocycles. The van der Waals surface area contributed by atoms with Gasteiger partial charge in [-0.15, -0.1) is 0 Å². The number of piperazine rings is 1. The smallest absolute Gasteiger partial charge is 0.318 e. The van der Waals surface area contributed by atoms with Gasteiger partial charge in [0.15, 0.2) is 0 Å². The number of urea groups is 1. The predicted octanol–water partition coefficient (Wildman–Crippen LogP) is 0.406. The van der Waals surface area contributed by atoms with Crippen LogP contribution in [-0.4, -0.2) is 53.1 Å². The van der Waals surface area contributed by atoms with Crippen LogP contribution in [0.3, 0.4) is 0 Å². The Balaban J connectivity index is 2.72. The van der Waals surface area contributed by atoms with E-state index in [0.717, 1.165) is 6.42 Å². The molecule has 3 unspecified atom stereocenters. The zero-order chi connectivity index (χ0) is 15.3.